The van der Waals surface area contributed by atoms with Crippen molar-refractivity contribution in [2.45, 2.75) is 46.0 Å². The van der Waals surface area contributed by atoms with Crippen LogP contribution in [0.5, 0.6) is 5.75 Å². The zero-order valence-corrected chi connectivity index (χ0v) is 19.8. The summed E-state index contributed by atoms with van der Waals surface area (Å²) in [4.78, 5) is 6.93. The van der Waals surface area contributed by atoms with Crippen LogP contribution in [0.25, 0.3) is 22.0 Å². The molecule has 33 heavy (non-hydrogen) atoms. The average Bonchev–Trinajstić information content (AvgIpc) is 2.76. The Hall–Kier alpha value is -2.51. The summed E-state index contributed by atoms with van der Waals surface area (Å²) in [7, 11) is 0. The van der Waals surface area contributed by atoms with Gasteiger partial charge in [0.2, 0.25) is 0 Å². The van der Waals surface area contributed by atoms with E-state index in [2.05, 4.69) is 40.7 Å². The second kappa shape index (κ2) is 11.1. The third-order valence-electron chi connectivity index (χ3n) is 5.63. The fraction of sp³-hybridized carbons (Fsp3) is 0.400. The van der Waals surface area contributed by atoms with E-state index >= 15 is 0 Å². The second-order valence-corrected chi connectivity index (χ2v) is 8.43. The van der Waals surface area contributed by atoms with Crippen molar-refractivity contribution in [1.82, 2.24) is 9.88 Å². The van der Waals surface area contributed by atoms with Gasteiger partial charge in [-0.2, -0.15) is 0 Å². The Morgan fingerprint density at radius 2 is 1.79 bits per heavy atom. The predicted molar refractivity (Wildman–Crippen MR) is 129 cm³/mol. The average molecular weight is 480 g/mol. The second-order valence-electron chi connectivity index (χ2n) is 8.00. The summed E-state index contributed by atoms with van der Waals surface area (Å²) in [6.07, 6.45) is -0.961. The molecule has 0 spiro atoms. The first-order valence-electron chi connectivity index (χ1n) is 11.1. The van der Waals surface area contributed by atoms with Crippen LogP contribution >= 0.6 is 11.6 Å². The molecule has 0 aliphatic rings. The lowest BCUT2D eigenvalue weighted by Gasteiger charge is -2.22. The zero-order chi connectivity index (χ0) is 24.0. The molecule has 0 amide bonds. The molecular weight excluding hydrogens is 451 g/mol. The number of rotatable bonds is 10. The number of fused-ring (bicyclic) bond motifs is 1. The summed E-state index contributed by atoms with van der Waals surface area (Å²) in [6.45, 7) is 9.57. The standard InChI is InChI=1S/C25H29ClF3N3O/c1-4-32(5-2)14-6-7-17(3)31-24-21-13-10-19(26)15-23(21)30-16-22(24)18-8-11-20(12-9-18)33-25(27,28)29/h8-13,15-17H,4-7,14H2,1-3H3,(H,30,31). The Morgan fingerprint density at radius 1 is 1.09 bits per heavy atom. The van der Waals surface area contributed by atoms with Crippen LogP contribution in [0.2, 0.25) is 5.02 Å². The maximum Gasteiger partial charge on any atom is 0.573 e. The van der Waals surface area contributed by atoms with Crippen LogP contribution in [0.15, 0.2) is 48.7 Å². The number of alkyl halides is 3. The summed E-state index contributed by atoms with van der Waals surface area (Å²) < 4.78 is 41.6. The number of nitrogens with one attached hydrogen (secondary N) is 1. The molecule has 0 bridgehead atoms. The smallest absolute Gasteiger partial charge is 0.406 e. The lowest BCUT2D eigenvalue weighted by Crippen LogP contribution is -2.25. The fourth-order valence-electron chi connectivity index (χ4n) is 3.86. The largest absolute Gasteiger partial charge is 0.573 e. The molecule has 1 aromatic heterocycles. The van der Waals surface area contributed by atoms with E-state index in [0.717, 1.165) is 60.2 Å². The topological polar surface area (TPSA) is 37.4 Å². The number of halogens is 4. The highest BCUT2D eigenvalue weighted by Crippen LogP contribution is 2.36. The van der Waals surface area contributed by atoms with Gasteiger partial charge in [0.1, 0.15) is 5.75 Å². The molecule has 3 rings (SSSR count). The van der Waals surface area contributed by atoms with E-state index in [9.17, 15) is 13.2 Å². The van der Waals surface area contributed by atoms with Crippen molar-refractivity contribution in [2.24, 2.45) is 0 Å². The highest BCUT2D eigenvalue weighted by Gasteiger charge is 2.31. The van der Waals surface area contributed by atoms with Crippen LogP contribution < -0.4 is 10.1 Å². The van der Waals surface area contributed by atoms with Crippen LogP contribution in [0.1, 0.15) is 33.6 Å². The van der Waals surface area contributed by atoms with Gasteiger partial charge in [-0.3, -0.25) is 4.98 Å². The van der Waals surface area contributed by atoms with Gasteiger partial charge in [0.05, 0.1) is 11.2 Å². The minimum absolute atomic E-state index is 0.188. The summed E-state index contributed by atoms with van der Waals surface area (Å²) in [6, 6.07) is 11.6. The van der Waals surface area contributed by atoms with Gasteiger partial charge in [-0.25, -0.2) is 0 Å². The number of hydrogen-bond acceptors (Lipinski definition) is 4. The first-order chi connectivity index (χ1) is 15.7. The molecule has 8 heteroatoms. The van der Waals surface area contributed by atoms with Gasteiger partial charge >= 0.3 is 6.36 Å². The Bertz CT molecular complexity index is 1050. The van der Waals surface area contributed by atoms with E-state index in [-0.39, 0.29) is 11.8 Å². The van der Waals surface area contributed by atoms with E-state index in [1.165, 1.54) is 12.1 Å². The monoisotopic (exact) mass is 479 g/mol. The molecule has 1 unspecified atom stereocenters. The van der Waals surface area contributed by atoms with Crippen molar-refractivity contribution in [3.63, 3.8) is 0 Å². The fourth-order valence-corrected chi connectivity index (χ4v) is 4.02. The van der Waals surface area contributed by atoms with Crippen LogP contribution in [0.4, 0.5) is 18.9 Å². The Labute approximate surface area is 197 Å². The SMILES string of the molecule is CCN(CC)CCCC(C)Nc1c(-c2ccc(OC(F)(F)F)cc2)cnc2cc(Cl)ccc12. The molecule has 1 heterocycles. The van der Waals surface area contributed by atoms with Gasteiger partial charge in [0, 0.05) is 28.2 Å². The van der Waals surface area contributed by atoms with E-state index in [4.69, 9.17) is 11.6 Å². The van der Waals surface area contributed by atoms with Crippen LogP contribution in [-0.2, 0) is 0 Å². The molecule has 0 radical (unpaired) electrons. The minimum atomic E-state index is -4.72. The molecule has 2 aromatic carbocycles. The van der Waals surface area contributed by atoms with E-state index in [1.54, 1.807) is 24.4 Å². The first kappa shape index (κ1) is 25.1. The molecular formula is C25H29ClF3N3O. The van der Waals surface area contributed by atoms with Crippen molar-refractivity contribution < 1.29 is 17.9 Å². The van der Waals surface area contributed by atoms with Crippen LogP contribution in [0.3, 0.4) is 0 Å². The number of benzene rings is 2. The minimum Gasteiger partial charge on any atom is -0.406 e. The van der Waals surface area contributed by atoms with Crippen molar-refractivity contribution in [3.8, 4) is 16.9 Å². The van der Waals surface area contributed by atoms with Crippen molar-refractivity contribution >= 4 is 28.2 Å². The Kier molecular flexibility index (Phi) is 8.43. The lowest BCUT2D eigenvalue weighted by molar-refractivity contribution is -0.274. The van der Waals surface area contributed by atoms with E-state index in [1.807, 2.05) is 12.1 Å². The number of aromatic nitrogens is 1. The highest BCUT2D eigenvalue weighted by atomic mass is 35.5. The number of anilines is 1. The maximum atomic E-state index is 12.5. The molecule has 1 N–H and O–H groups in total. The highest BCUT2D eigenvalue weighted by molar-refractivity contribution is 6.31. The lowest BCUT2D eigenvalue weighted by atomic mass is 10.0. The molecule has 0 aliphatic heterocycles. The molecule has 4 nitrogen and oxygen atoms in total. The van der Waals surface area contributed by atoms with Gasteiger partial charge in [-0.1, -0.05) is 37.6 Å². The van der Waals surface area contributed by atoms with Gasteiger partial charge in [-0.15, -0.1) is 13.2 Å². The normalized spacial score (nSPS) is 12.8. The summed E-state index contributed by atoms with van der Waals surface area (Å²) in [5.74, 6) is -0.258. The number of hydrogen-bond donors (Lipinski definition) is 1. The third kappa shape index (κ3) is 6.98. The Morgan fingerprint density at radius 3 is 2.42 bits per heavy atom. The van der Waals surface area contributed by atoms with Crippen molar-refractivity contribution in [1.29, 1.82) is 0 Å². The summed E-state index contributed by atoms with van der Waals surface area (Å²) >= 11 is 6.16. The predicted octanol–water partition coefficient (Wildman–Crippen LogP) is 7.38. The van der Waals surface area contributed by atoms with E-state index < -0.39 is 6.36 Å². The molecule has 0 aliphatic carbocycles. The molecule has 1 atom stereocenters. The zero-order valence-electron chi connectivity index (χ0n) is 19.0. The number of nitrogens with zero attached hydrogens (tertiary/aromatic N) is 2. The van der Waals surface area contributed by atoms with Gasteiger partial charge in [0.15, 0.2) is 0 Å². The summed E-state index contributed by atoms with van der Waals surface area (Å²) in [5.41, 5.74) is 3.18. The molecule has 0 saturated carbocycles. The van der Waals surface area contributed by atoms with Gasteiger partial charge < -0.3 is 15.0 Å². The van der Waals surface area contributed by atoms with Gasteiger partial charge in [0.25, 0.3) is 0 Å². The molecule has 3 aromatic rings. The molecule has 0 fully saturated rings. The maximum absolute atomic E-state index is 12.5. The van der Waals surface area contributed by atoms with Crippen molar-refractivity contribution in [3.05, 3.63) is 53.7 Å². The quantitative estimate of drug-likeness (QED) is 0.329. The third-order valence-corrected chi connectivity index (χ3v) is 5.86. The summed E-state index contributed by atoms with van der Waals surface area (Å²) in [5, 5.41) is 5.12. The van der Waals surface area contributed by atoms with Crippen LogP contribution in [0, 0.1) is 0 Å². The Balaban J connectivity index is 1.89. The first-order valence-corrected chi connectivity index (χ1v) is 11.5. The van der Waals surface area contributed by atoms with Gasteiger partial charge in [-0.05, 0) is 75.3 Å². The molecule has 178 valence electrons. The molecule has 0 saturated heterocycles. The number of pyridine rings is 1. The van der Waals surface area contributed by atoms with E-state index in [0.29, 0.717) is 5.02 Å². The van der Waals surface area contributed by atoms with Crippen LogP contribution in [-0.4, -0.2) is 41.9 Å². The van der Waals surface area contributed by atoms with Crippen molar-refractivity contribution in [2.75, 3.05) is 25.0 Å². The number of ether oxygens (including phenoxy) is 1.